The van der Waals surface area contributed by atoms with Gasteiger partial charge in [-0.2, -0.15) is 0 Å². The van der Waals surface area contributed by atoms with Crippen molar-refractivity contribution in [3.8, 4) is 0 Å². The van der Waals surface area contributed by atoms with Gasteiger partial charge in [-0.25, -0.2) is 0 Å². The van der Waals surface area contributed by atoms with E-state index in [1.54, 1.807) is 0 Å². The summed E-state index contributed by atoms with van der Waals surface area (Å²) in [6.45, 7) is 5.26. The van der Waals surface area contributed by atoms with Crippen LogP contribution in [0.2, 0.25) is 0 Å². The molecule has 2 nitrogen and oxygen atoms in total. The van der Waals surface area contributed by atoms with Crippen molar-refractivity contribution in [2.45, 2.75) is 39.2 Å². The summed E-state index contributed by atoms with van der Waals surface area (Å²) in [4.78, 5) is 2.86. The lowest BCUT2D eigenvalue weighted by molar-refractivity contribution is 0.272. The molecular formula is C14H24N2S. The average Bonchev–Trinajstić information content (AvgIpc) is 2.76. The molecule has 96 valence electrons. The lowest BCUT2D eigenvalue weighted by Crippen LogP contribution is -2.28. The number of hydrogen-bond acceptors (Lipinski definition) is 3. The summed E-state index contributed by atoms with van der Waals surface area (Å²) < 4.78 is 0. The lowest BCUT2D eigenvalue weighted by Gasteiger charge is -2.27. The number of nitrogens with one attached hydrogen (secondary N) is 1. The number of thiophene rings is 1. The quantitative estimate of drug-likeness (QED) is 0.845. The van der Waals surface area contributed by atoms with Crippen LogP contribution in [0.4, 0.5) is 0 Å². The smallest absolute Gasteiger partial charge is 0.0299 e. The monoisotopic (exact) mass is 252 g/mol. The fraction of sp³-hybridized carbons (Fsp3) is 0.714. The molecule has 1 aromatic rings. The van der Waals surface area contributed by atoms with Crippen molar-refractivity contribution >= 4 is 11.3 Å². The highest BCUT2D eigenvalue weighted by Gasteiger charge is 2.19. The topological polar surface area (TPSA) is 38.0 Å². The van der Waals surface area contributed by atoms with Crippen molar-refractivity contribution in [2.24, 2.45) is 17.6 Å². The summed E-state index contributed by atoms with van der Waals surface area (Å²) in [5, 5.41) is 3.60. The largest absolute Gasteiger partial charge is 0.330 e. The van der Waals surface area contributed by atoms with E-state index in [0.717, 1.165) is 24.9 Å². The SMILES string of the molecule is Cc1ccc(CNCC2CCC(CN)CC2)s1. The van der Waals surface area contributed by atoms with Gasteiger partial charge in [0, 0.05) is 16.3 Å². The predicted octanol–water partition coefficient (Wildman–Crippen LogP) is 2.91. The molecule has 1 heterocycles. The van der Waals surface area contributed by atoms with Crippen LogP contribution in [-0.2, 0) is 6.54 Å². The van der Waals surface area contributed by atoms with Crippen LogP contribution >= 0.6 is 11.3 Å². The number of aryl methyl sites for hydroxylation is 1. The van der Waals surface area contributed by atoms with Crippen molar-refractivity contribution in [1.82, 2.24) is 5.32 Å². The molecule has 0 saturated heterocycles. The summed E-state index contributed by atoms with van der Waals surface area (Å²) in [5.41, 5.74) is 5.71. The summed E-state index contributed by atoms with van der Waals surface area (Å²) in [7, 11) is 0. The third-order valence-corrected chi connectivity index (χ3v) is 4.83. The zero-order chi connectivity index (χ0) is 12.1. The molecule has 1 saturated carbocycles. The Morgan fingerprint density at radius 2 is 1.94 bits per heavy atom. The van der Waals surface area contributed by atoms with Crippen molar-refractivity contribution in [1.29, 1.82) is 0 Å². The van der Waals surface area contributed by atoms with E-state index in [1.165, 1.54) is 42.0 Å². The molecule has 0 aliphatic heterocycles. The molecule has 0 unspecified atom stereocenters. The van der Waals surface area contributed by atoms with E-state index < -0.39 is 0 Å². The van der Waals surface area contributed by atoms with Gasteiger partial charge in [-0.3, -0.25) is 0 Å². The zero-order valence-electron chi connectivity index (χ0n) is 10.7. The highest BCUT2D eigenvalue weighted by atomic mass is 32.1. The van der Waals surface area contributed by atoms with Gasteiger partial charge in [-0.15, -0.1) is 11.3 Å². The minimum absolute atomic E-state index is 0.797. The summed E-state index contributed by atoms with van der Waals surface area (Å²) >= 11 is 1.90. The van der Waals surface area contributed by atoms with E-state index in [9.17, 15) is 0 Å². The van der Waals surface area contributed by atoms with Crippen LogP contribution in [0.1, 0.15) is 35.4 Å². The summed E-state index contributed by atoms with van der Waals surface area (Å²) in [5.74, 6) is 1.67. The number of hydrogen-bond donors (Lipinski definition) is 2. The van der Waals surface area contributed by atoms with E-state index in [4.69, 9.17) is 5.73 Å². The normalized spacial score (nSPS) is 25.1. The Labute approximate surface area is 109 Å². The van der Waals surface area contributed by atoms with E-state index in [2.05, 4.69) is 24.4 Å². The van der Waals surface area contributed by atoms with Crippen LogP contribution in [0, 0.1) is 18.8 Å². The summed E-state index contributed by atoms with van der Waals surface area (Å²) in [6.07, 6.45) is 5.39. The van der Waals surface area contributed by atoms with Gasteiger partial charge in [0.25, 0.3) is 0 Å². The van der Waals surface area contributed by atoms with Crippen molar-refractivity contribution in [3.05, 3.63) is 21.9 Å². The van der Waals surface area contributed by atoms with Gasteiger partial charge in [0.2, 0.25) is 0 Å². The van der Waals surface area contributed by atoms with Gasteiger partial charge >= 0.3 is 0 Å². The first-order valence-corrected chi connectivity index (χ1v) is 7.55. The molecule has 17 heavy (non-hydrogen) atoms. The fourth-order valence-corrected chi connectivity index (χ4v) is 3.51. The van der Waals surface area contributed by atoms with E-state index in [-0.39, 0.29) is 0 Å². The summed E-state index contributed by atoms with van der Waals surface area (Å²) in [6, 6.07) is 4.44. The van der Waals surface area contributed by atoms with Gasteiger partial charge < -0.3 is 11.1 Å². The predicted molar refractivity (Wildman–Crippen MR) is 75.3 cm³/mol. The Morgan fingerprint density at radius 1 is 1.24 bits per heavy atom. The van der Waals surface area contributed by atoms with Crippen LogP contribution in [-0.4, -0.2) is 13.1 Å². The molecule has 1 aromatic heterocycles. The van der Waals surface area contributed by atoms with Gasteiger partial charge in [0.05, 0.1) is 0 Å². The minimum Gasteiger partial charge on any atom is -0.330 e. The Kier molecular flexibility index (Phi) is 5.01. The molecule has 1 fully saturated rings. The van der Waals surface area contributed by atoms with Gasteiger partial charge in [-0.1, -0.05) is 0 Å². The zero-order valence-corrected chi connectivity index (χ0v) is 11.6. The third kappa shape index (κ3) is 4.09. The molecule has 0 atom stereocenters. The first-order chi connectivity index (χ1) is 8.28. The Bertz CT molecular complexity index is 327. The van der Waals surface area contributed by atoms with Crippen molar-refractivity contribution in [2.75, 3.05) is 13.1 Å². The van der Waals surface area contributed by atoms with Gasteiger partial charge in [0.1, 0.15) is 0 Å². The molecule has 3 N–H and O–H groups in total. The Balaban J connectivity index is 1.63. The van der Waals surface area contributed by atoms with Crippen molar-refractivity contribution < 1.29 is 0 Å². The molecule has 2 rings (SSSR count). The van der Waals surface area contributed by atoms with Crippen molar-refractivity contribution in [3.63, 3.8) is 0 Å². The molecule has 0 spiro atoms. The fourth-order valence-electron chi connectivity index (χ4n) is 2.65. The number of rotatable bonds is 5. The van der Waals surface area contributed by atoms with Crippen LogP contribution in [0.25, 0.3) is 0 Å². The second-order valence-electron chi connectivity index (χ2n) is 5.27. The highest BCUT2D eigenvalue weighted by Crippen LogP contribution is 2.27. The van der Waals surface area contributed by atoms with Crippen LogP contribution in [0.15, 0.2) is 12.1 Å². The molecule has 0 amide bonds. The molecule has 0 aromatic carbocycles. The maximum Gasteiger partial charge on any atom is 0.0299 e. The van der Waals surface area contributed by atoms with Crippen LogP contribution < -0.4 is 11.1 Å². The Morgan fingerprint density at radius 3 is 2.53 bits per heavy atom. The number of nitrogens with two attached hydrogens (primary N) is 1. The second kappa shape index (κ2) is 6.53. The van der Waals surface area contributed by atoms with E-state index >= 15 is 0 Å². The molecule has 0 bridgehead atoms. The molecule has 3 heteroatoms. The first-order valence-electron chi connectivity index (χ1n) is 6.74. The standard InChI is InChI=1S/C14H24N2S/c1-11-2-7-14(17-11)10-16-9-13-5-3-12(8-15)4-6-13/h2,7,12-13,16H,3-6,8-10,15H2,1H3. The highest BCUT2D eigenvalue weighted by molar-refractivity contribution is 7.11. The molecule has 0 radical (unpaired) electrons. The minimum atomic E-state index is 0.797. The molecule has 1 aliphatic carbocycles. The van der Waals surface area contributed by atoms with Gasteiger partial charge in [0.15, 0.2) is 0 Å². The lowest BCUT2D eigenvalue weighted by atomic mass is 9.82. The Hall–Kier alpha value is -0.380. The second-order valence-corrected chi connectivity index (χ2v) is 6.64. The van der Waals surface area contributed by atoms with Gasteiger partial charge in [-0.05, 0) is 69.7 Å². The van der Waals surface area contributed by atoms with E-state index in [0.29, 0.717) is 0 Å². The van der Waals surface area contributed by atoms with Crippen LogP contribution in [0.3, 0.4) is 0 Å². The third-order valence-electron chi connectivity index (χ3n) is 3.83. The first kappa shape index (κ1) is 13.1. The molecule has 1 aliphatic rings. The maximum atomic E-state index is 5.71. The molecular weight excluding hydrogens is 228 g/mol. The average molecular weight is 252 g/mol. The van der Waals surface area contributed by atoms with Crippen LogP contribution in [0.5, 0.6) is 0 Å². The van der Waals surface area contributed by atoms with E-state index in [1.807, 2.05) is 11.3 Å². The maximum absolute atomic E-state index is 5.71.